The van der Waals surface area contributed by atoms with Gasteiger partial charge in [0.1, 0.15) is 11.0 Å². The van der Waals surface area contributed by atoms with Gasteiger partial charge in [0.2, 0.25) is 0 Å². The minimum atomic E-state index is -1.08. The van der Waals surface area contributed by atoms with E-state index in [0.717, 1.165) is 12.2 Å². The van der Waals surface area contributed by atoms with E-state index in [1.165, 1.54) is 0 Å². The highest BCUT2D eigenvalue weighted by Gasteiger charge is 2.17. The molecule has 4 heteroatoms. The van der Waals surface area contributed by atoms with E-state index < -0.39 is 11.0 Å². The van der Waals surface area contributed by atoms with E-state index >= 15 is 0 Å². The van der Waals surface area contributed by atoms with Gasteiger partial charge in [-0.2, -0.15) is 16.2 Å². The fourth-order valence-corrected chi connectivity index (χ4v) is 1.35. The molecule has 2 nitrogen and oxygen atoms in total. The van der Waals surface area contributed by atoms with Crippen LogP contribution in [0.4, 0.5) is 0 Å². The number of rotatable bonds is 4. The summed E-state index contributed by atoms with van der Waals surface area (Å²) >= 11 is 1.77. The molecule has 0 radical (unpaired) electrons. The van der Waals surface area contributed by atoms with Gasteiger partial charge in [-0.1, -0.05) is 0 Å². The highest BCUT2D eigenvalue weighted by molar-refractivity contribution is 7.98. The predicted octanol–water partition coefficient (Wildman–Crippen LogP) is 2.27. The SMILES string of the molecule is CSCCC=NS(=O)C(C)(C)C. The minimum Gasteiger partial charge on any atom is -0.234 e. The lowest BCUT2D eigenvalue weighted by molar-refractivity contribution is 0.651. The second kappa shape index (κ2) is 5.75. The van der Waals surface area contributed by atoms with Crippen molar-refractivity contribution in [3.63, 3.8) is 0 Å². The standard InChI is InChI=1S/C8H17NOS2/c1-8(2,3)12(10)9-6-5-7-11-4/h6H,5,7H2,1-4H3. The van der Waals surface area contributed by atoms with Crippen LogP contribution >= 0.6 is 11.8 Å². The Morgan fingerprint density at radius 3 is 2.50 bits per heavy atom. The summed E-state index contributed by atoms with van der Waals surface area (Å²) in [6.45, 7) is 5.78. The van der Waals surface area contributed by atoms with Gasteiger partial charge < -0.3 is 0 Å². The normalized spacial score (nSPS) is 15.3. The maximum atomic E-state index is 11.3. The van der Waals surface area contributed by atoms with Gasteiger partial charge in [-0.3, -0.25) is 0 Å². The molecule has 0 aromatic heterocycles. The van der Waals surface area contributed by atoms with Gasteiger partial charge >= 0.3 is 0 Å². The number of thioether (sulfide) groups is 1. The van der Waals surface area contributed by atoms with Crippen molar-refractivity contribution < 1.29 is 4.21 Å². The van der Waals surface area contributed by atoms with E-state index in [1.807, 2.05) is 20.8 Å². The molecule has 0 fully saturated rings. The van der Waals surface area contributed by atoms with E-state index in [4.69, 9.17) is 0 Å². The molecule has 0 aliphatic carbocycles. The lowest BCUT2D eigenvalue weighted by Gasteiger charge is -2.12. The molecule has 0 rings (SSSR count). The van der Waals surface area contributed by atoms with E-state index in [9.17, 15) is 4.21 Å². The summed E-state index contributed by atoms with van der Waals surface area (Å²) in [5, 5.41) is 0. The van der Waals surface area contributed by atoms with E-state index in [2.05, 4.69) is 10.7 Å². The van der Waals surface area contributed by atoms with Crippen molar-refractivity contribution in [3.05, 3.63) is 0 Å². The molecule has 0 aromatic rings. The monoisotopic (exact) mass is 207 g/mol. The first kappa shape index (κ1) is 12.2. The first-order chi connectivity index (χ1) is 5.48. The van der Waals surface area contributed by atoms with E-state index in [-0.39, 0.29) is 4.75 Å². The summed E-state index contributed by atoms with van der Waals surface area (Å²) < 4.78 is 15.1. The van der Waals surface area contributed by atoms with Crippen LogP contribution in [0.1, 0.15) is 27.2 Å². The Balaban J connectivity index is 3.77. The Morgan fingerprint density at radius 1 is 1.50 bits per heavy atom. The zero-order valence-corrected chi connectivity index (χ0v) is 9.80. The van der Waals surface area contributed by atoms with Crippen molar-refractivity contribution in [1.29, 1.82) is 0 Å². The Bertz CT molecular complexity index is 172. The summed E-state index contributed by atoms with van der Waals surface area (Å²) in [6, 6.07) is 0. The molecule has 72 valence electrons. The Morgan fingerprint density at radius 2 is 2.08 bits per heavy atom. The molecule has 0 bridgehead atoms. The third-order valence-corrected chi connectivity index (χ3v) is 3.18. The molecule has 0 heterocycles. The average molecular weight is 207 g/mol. The summed E-state index contributed by atoms with van der Waals surface area (Å²) in [6.07, 6.45) is 4.72. The van der Waals surface area contributed by atoms with Gasteiger partial charge in [0.05, 0.1) is 4.75 Å². The molecular weight excluding hydrogens is 190 g/mol. The van der Waals surface area contributed by atoms with E-state index in [1.54, 1.807) is 18.0 Å². The molecule has 1 unspecified atom stereocenters. The van der Waals surface area contributed by atoms with Crippen LogP contribution in [0.3, 0.4) is 0 Å². The molecule has 1 atom stereocenters. The molecule has 0 saturated carbocycles. The van der Waals surface area contributed by atoms with Crippen LogP contribution in [0, 0.1) is 0 Å². The highest BCUT2D eigenvalue weighted by atomic mass is 32.2. The van der Waals surface area contributed by atoms with Crippen LogP contribution in [0.25, 0.3) is 0 Å². The van der Waals surface area contributed by atoms with Gasteiger partial charge in [-0.05, 0) is 39.2 Å². The Hall–Kier alpha value is 0.170. The molecule has 12 heavy (non-hydrogen) atoms. The summed E-state index contributed by atoms with van der Waals surface area (Å²) in [5.41, 5.74) is 0. The third-order valence-electron chi connectivity index (χ3n) is 1.15. The topological polar surface area (TPSA) is 29.4 Å². The third kappa shape index (κ3) is 5.77. The second-order valence-electron chi connectivity index (χ2n) is 3.43. The van der Waals surface area contributed by atoms with Gasteiger partial charge in [-0.25, -0.2) is 4.21 Å². The summed E-state index contributed by atoms with van der Waals surface area (Å²) in [5.74, 6) is 1.05. The summed E-state index contributed by atoms with van der Waals surface area (Å²) in [7, 11) is -1.08. The maximum Gasteiger partial charge on any atom is 0.144 e. The van der Waals surface area contributed by atoms with Crippen molar-refractivity contribution in [1.82, 2.24) is 0 Å². The fourth-order valence-electron chi connectivity index (χ4n) is 0.449. The Labute approximate surface area is 81.8 Å². The quantitative estimate of drug-likeness (QED) is 0.523. The zero-order valence-electron chi connectivity index (χ0n) is 8.16. The van der Waals surface area contributed by atoms with Crippen LogP contribution in [0.5, 0.6) is 0 Å². The maximum absolute atomic E-state index is 11.3. The van der Waals surface area contributed by atoms with Crippen LogP contribution < -0.4 is 0 Å². The average Bonchev–Trinajstić information content (AvgIpc) is 1.96. The first-order valence-electron chi connectivity index (χ1n) is 3.92. The minimum absolute atomic E-state index is 0.226. The van der Waals surface area contributed by atoms with E-state index in [0.29, 0.717) is 0 Å². The predicted molar refractivity (Wildman–Crippen MR) is 59.4 cm³/mol. The molecular formula is C8H17NOS2. The zero-order chi connectivity index (χ0) is 9.61. The van der Waals surface area contributed by atoms with Crippen LogP contribution in [-0.2, 0) is 11.0 Å². The van der Waals surface area contributed by atoms with Crippen molar-refractivity contribution in [2.75, 3.05) is 12.0 Å². The molecule has 0 aromatic carbocycles. The lowest BCUT2D eigenvalue weighted by atomic mass is 10.3. The molecule has 0 N–H and O–H groups in total. The Kier molecular flexibility index (Phi) is 5.84. The number of hydrogen-bond donors (Lipinski definition) is 0. The van der Waals surface area contributed by atoms with Gasteiger partial charge in [0, 0.05) is 6.21 Å². The smallest absolute Gasteiger partial charge is 0.144 e. The first-order valence-corrected chi connectivity index (χ1v) is 6.42. The van der Waals surface area contributed by atoms with Crippen molar-refractivity contribution in [2.24, 2.45) is 4.40 Å². The van der Waals surface area contributed by atoms with Crippen LogP contribution in [-0.4, -0.2) is 27.2 Å². The van der Waals surface area contributed by atoms with Crippen LogP contribution in [0.15, 0.2) is 4.40 Å². The van der Waals surface area contributed by atoms with Crippen molar-refractivity contribution in [2.45, 2.75) is 31.9 Å². The highest BCUT2D eigenvalue weighted by Crippen LogP contribution is 2.11. The largest absolute Gasteiger partial charge is 0.234 e. The molecule has 0 aliphatic heterocycles. The van der Waals surface area contributed by atoms with Crippen molar-refractivity contribution >= 4 is 29.0 Å². The number of hydrogen-bond acceptors (Lipinski definition) is 2. The van der Waals surface area contributed by atoms with Crippen molar-refractivity contribution in [3.8, 4) is 0 Å². The number of nitrogens with zero attached hydrogens (tertiary/aromatic N) is 1. The second-order valence-corrected chi connectivity index (χ2v) is 6.35. The van der Waals surface area contributed by atoms with Gasteiger partial charge in [-0.15, -0.1) is 0 Å². The fraction of sp³-hybridized carbons (Fsp3) is 0.875. The molecule has 0 saturated heterocycles. The lowest BCUT2D eigenvalue weighted by Crippen LogP contribution is -2.19. The molecule has 0 aliphatic rings. The van der Waals surface area contributed by atoms with Gasteiger partial charge in [0.15, 0.2) is 0 Å². The van der Waals surface area contributed by atoms with Crippen LogP contribution in [0.2, 0.25) is 0 Å². The van der Waals surface area contributed by atoms with Gasteiger partial charge in [0.25, 0.3) is 0 Å². The molecule has 0 amide bonds. The summed E-state index contributed by atoms with van der Waals surface area (Å²) in [4.78, 5) is 0. The molecule has 0 spiro atoms.